The molecule has 1 fully saturated rings. The number of carbonyl (C=O) groups excluding carboxylic acids is 2. The molecule has 0 saturated heterocycles. The van der Waals surface area contributed by atoms with E-state index in [-0.39, 0.29) is 47.3 Å². The molecule has 0 amide bonds. The van der Waals surface area contributed by atoms with Crippen molar-refractivity contribution in [3.63, 3.8) is 0 Å². The van der Waals surface area contributed by atoms with Crippen molar-refractivity contribution in [2.45, 2.75) is 87.7 Å². The second-order valence-corrected chi connectivity index (χ2v) is 11.4. The fraction of sp³-hybridized carbons (Fsp3) is 0.840. The van der Waals surface area contributed by atoms with Crippen LogP contribution in [0, 0.1) is 11.8 Å². The van der Waals surface area contributed by atoms with Crippen molar-refractivity contribution in [1.29, 1.82) is 0 Å². The predicted octanol–water partition coefficient (Wildman–Crippen LogP) is 4.00. The van der Waals surface area contributed by atoms with Crippen LogP contribution < -0.4 is 0 Å². The first-order chi connectivity index (χ1) is 16.0. The Labute approximate surface area is 208 Å². The third-order valence-corrected chi connectivity index (χ3v) is 8.82. The van der Waals surface area contributed by atoms with E-state index in [1.54, 1.807) is 23.5 Å². The number of methoxy groups -OCH3 is 1. The van der Waals surface area contributed by atoms with Gasteiger partial charge in [0.1, 0.15) is 5.78 Å². The third kappa shape index (κ3) is 12.1. The van der Waals surface area contributed by atoms with E-state index in [0.717, 1.165) is 51.4 Å². The van der Waals surface area contributed by atoms with Crippen LogP contribution in [-0.4, -0.2) is 75.5 Å². The van der Waals surface area contributed by atoms with Crippen LogP contribution in [0.1, 0.15) is 71.1 Å². The number of rotatable bonds is 19. The molecule has 0 radical (unpaired) electrons. The predicted molar refractivity (Wildman–Crippen MR) is 138 cm³/mol. The normalized spacial score (nSPS) is 22.7. The number of thioether (sulfide) groups is 2. The largest absolute Gasteiger partial charge is 0.469 e. The Balaban J connectivity index is 2.87. The van der Waals surface area contributed by atoms with Crippen LogP contribution in [0.15, 0.2) is 12.2 Å². The number of hydrogen-bond donors (Lipinski definition) is 3. The van der Waals surface area contributed by atoms with Gasteiger partial charge < -0.3 is 20.1 Å². The molecule has 192 valence electrons. The van der Waals surface area contributed by atoms with Gasteiger partial charge in [0.2, 0.25) is 0 Å². The van der Waals surface area contributed by atoms with Crippen molar-refractivity contribution in [3.8, 4) is 0 Å². The maximum absolute atomic E-state index is 13.1. The van der Waals surface area contributed by atoms with Gasteiger partial charge in [-0.15, -0.1) is 0 Å². The zero-order valence-corrected chi connectivity index (χ0v) is 22.0. The van der Waals surface area contributed by atoms with E-state index in [4.69, 9.17) is 4.74 Å². The van der Waals surface area contributed by atoms with Crippen LogP contribution in [0.25, 0.3) is 0 Å². The number of Topliss-reactive ketones (excluding diaryl/α,β-unsaturated/α-hetero) is 1. The zero-order chi connectivity index (χ0) is 24.5. The minimum Gasteiger partial charge on any atom is -0.469 e. The van der Waals surface area contributed by atoms with Crippen LogP contribution in [0.4, 0.5) is 0 Å². The quantitative estimate of drug-likeness (QED) is 0.138. The fourth-order valence-electron chi connectivity index (χ4n) is 4.41. The molecule has 33 heavy (non-hydrogen) atoms. The van der Waals surface area contributed by atoms with Crippen molar-refractivity contribution in [3.05, 3.63) is 12.2 Å². The van der Waals surface area contributed by atoms with E-state index < -0.39 is 6.10 Å². The lowest BCUT2D eigenvalue weighted by Gasteiger charge is -2.28. The van der Waals surface area contributed by atoms with E-state index in [1.165, 1.54) is 7.11 Å². The molecule has 6 nitrogen and oxygen atoms in total. The van der Waals surface area contributed by atoms with E-state index >= 15 is 0 Å². The molecule has 5 atom stereocenters. The zero-order valence-electron chi connectivity index (χ0n) is 20.3. The van der Waals surface area contributed by atoms with Crippen LogP contribution in [0.5, 0.6) is 0 Å². The highest BCUT2D eigenvalue weighted by Crippen LogP contribution is 2.44. The Bertz CT molecular complexity index is 571. The molecular weight excluding hydrogens is 460 g/mol. The Morgan fingerprint density at radius 2 is 1.85 bits per heavy atom. The van der Waals surface area contributed by atoms with Gasteiger partial charge in [-0.3, -0.25) is 9.59 Å². The Kier molecular flexibility index (Phi) is 17.3. The average molecular weight is 505 g/mol. The van der Waals surface area contributed by atoms with Gasteiger partial charge >= 0.3 is 5.97 Å². The number of aliphatic hydroxyl groups is 3. The van der Waals surface area contributed by atoms with Crippen molar-refractivity contribution >= 4 is 35.3 Å². The monoisotopic (exact) mass is 504 g/mol. The van der Waals surface area contributed by atoms with Gasteiger partial charge in [-0.25, -0.2) is 0 Å². The van der Waals surface area contributed by atoms with Gasteiger partial charge in [-0.2, -0.15) is 23.5 Å². The minimum atomic E-state index is -0.502. The SMILES string of the molecule is CCCCC[C@H](O)/C=C/[C@@H]1[C@@H](C(CCCCCC(=O)OC)SCCO)C(=O)C[C@H]1SCCO. The summed E-state index contributed by atoms with van der Waals surface area (Å²) in [6, 6.07) is 0. The molecule has 1 saturated carbocycles. The molecule has 0 bridgehead atoms. The standard InChI is InChI=1S/C25H44O6S2/c1-3-4-6-9-19(28)12-13-20-23(33-17-15-27)18-21(29)25(20)22(32-16-14-26)10-7-5-8-11-24(30)31-2/h12-13,19-20,22-23,25-28H,3-11,14-18H2,1-2H3/b13-12+/t19-,20-,22?,23+,25+/m0/s1. The van der Waals surface area contributed by atoms with Crippen molar-refractivity contribution in [2.75, 3.05) is 31.8 Å². The van der Waals surface area contributed by atoms with Crippen LogP contribution >= 0.6 is 23.5 Å². The van der Waals surface area contributed by atoms with Gasteiger partial charge in [0.05, 0.1) is 26.4 Å². The van der Waals surface area contributed by atoms with Crippen molar-refractivity contribution in [2.24, 2.45) is 11.8 Å². The summed E-state index contributed by atoms with van der Waals surface area (Å²) in [6.45, 7) is 2.29. The van der Waals surface area contributed by atoms with E-state index in [1.807, 2.05) is 12.2 Å². The second-order valence-electron chi connectivity index (χ2n) is 8.66. The number of unbranched alkanes of at least 4 members (excludes halogenated alkanes) is 4. The van der Waals surface area contributed by atoms with E-state index in [9.17, 15) is 24.9 Å². The van der Waals surface area contributed by atoms with E-state index in [0.29, 0.717) is 24.3 Å². The maximum atomic E-state index is 13.1. The summed E-state index contributed by atoms with van der Waals surface area (Å²) in [4.78, 5) is 24.5. The number of allylic oxidation sites excluding steroid dienone is 1. The number of ketones is 1. The highest BCUT2D eigenvalue weighted by molar-refractivity contribution is 8.00. The summed E-state index contributed by atoms with van der Waals surface area (Å²) in [7, 11) is 1.40. The Hall–Kier alpha value is -0.540. The third-order valence-electron chi connectivity index (χ3n) is 6.12. The first-order valence-electron chi connectivity index (χ1n) is 12.4. The lowest BCUT2D eigenvalue weighted by atomic mass is 9.88. The average Bonchev–Trinajstić information content (AvgIpc) is 3.12. The van der Waals surface area contributed by atoms with Crippen molar-refractivity contribution in [1.82, 2.24) is 0 Å². The minimum absolute atomic E-state index is 0.0149. The molecular formula is C25H44O6S2. The molecule has 0 aromatic heterocycles. The number of aliphatic hydroxyl groups excluding tert-OH is 3. The summed E-state index contributed by atoms with van der Waals surface area (Å²) in [6.07, 6.45) is 11.6. The van der Waals surface area contributed by atoms with Crippen LogP contribution in [0.3, 0.4) is 0 Å². The molecule has 1 aliphatic carbocycles. The lowest BCUT2D eigenvalue weighted by molar-refractivity contribution is -0.140. The van der Waals surface area contributed by atoms with Crippen LogP contribution in [0.2, 0.25) is 0 Å². The van der Waals surface area contributed by atoms with Gasteiger partial charge in [-0.1, -0.05) is 51.2 Å². The molecule has 1 aliphatic rings. The summed E-state index contributed by atoms with van der Waals surface area (Å²) >= 11 is 3.29. The molecule has 0 aromatic rings. The van der Waals surface area contributed by atoms with Crippen LogP contribution in [-0.2, 0) is 14.3 Å². The summed E-state index contributed by atoms with van der Waals surface area (Å²) in [5.74, 6) is 1.08. The fourth-order valence-corrected chi connectivity index (χ4v) is 6.86. The molecule has 0 heterocycles. The number of hydrogen-bond acceptors (Lipinski definition) is 8. The van der Waals surface area contributed by atoms with Gasteiger partial charge in [-0.05, 0) is 25.2 Å². The maximum Gasteiger partial charge on any atom is 0.305 e. The highest BCUT2D eigenvalue weighted by atomic mass is 32.2. The molecule has 0 spiro atoms. The molecule has 8 heteroatoms. The lowest BCUT2D eigenvalue weighted by Crippen LogP contribution is -2.29. The van der Waals surface area contributed by atoms with Gasteiger partial charge in [0, 0.05) is 40.8 Å². The Morgan fingerprint density at radius 3 is 2.52 bits per heavy atom. The second kappa shape index (κ2) is 18.7. The molecule has 1 unspecified atom stereocenters. The first-order valence-corrected chi connectivity index (χ1v) is 14.5. The smallest absolute Gasteiger partial charge is 0.305 e. The summed E-state index contributed by atoms with van der Waals surface area (Å²) < 4.78 is 4.70. The molecule has 3 N–H and O–H groups in total. The van der Waals surface area contributed by atoms with E-state index in [2.05, 4.69) is 6.92 Å². The number of carbonyl (C=O) groups is 2. The van der Waals surface area contributed by atoms with Crippen molar-refractivity contribution < 1.29 is 29.6 Å². The summed E-state index contributed by atoms with van der Waals surface area (Å²) in [5, 5.41) is 29.3. The number of ether oxygens (including phenoxy) is 1. The summed E-state index contributed by atoms with van der Waals surface area (Å²) in [5.41, 5.74) is 0. The Morgan fingerprint density at radius 1 is 1.12 bits per heavy atom. The molecule has 0 aliphatic heterocycles. The first kappa shape index (κ1) is 30.5. The van der Waals surface area contributed by atoms with Gasteiger partial charge in [0.15, 0.2) is 0 Å². The number of esters is 1. The molecule has 0 aromatic carbocycles. The molecule has 1 rings (SSSR count). The highest BCUT2D eigenvalue weighted by Gasteiger charge is 2.45. The topological polar surface area (TPSA) is 104 Å². The van der Waals surface area contributed by atoms with Gasteiger partial charge in [0.25, 0.3) is 0 Å².